The van der Waals surface area contributed by atoms with E-state index in [4.69, 9.17) is 10.5 Å². The SMILES string of the molecule is CCC1CCCCCN1C(=O)c1ccc(N)c(OC)c1. The molecule has 2 N–H and O–H groups in total. The molecule has 1 atom stereocenters. The van der Waals surface area contributed by atoms with Gasteiger partial charge >= 0.3 is 0 Å². The zero-order valence-electron chi connectivity index (χ0n) is 12.4. The summed E-state index contributed by atoms with van der Waals surface area (Å²) in [6, 6.07) is 5.63. The van der Waals surface area contributed by atoms with Gasteiger partial charge in [-0.15, -0.1) is 0 Å². The number of carbonyl (C=O) groups excluding carboxylic acids is 1. The summed E-state index contributed by atoms with van der Waals surface area (Å²) >= 11 is 0. The molecule has 1 amide bonds. The van der Waals surface area contributed by atoms with Crippen molar-refractivity contribution < 1.29 is 9.53 Å². The van der Waals surface area contributed by atoms with Crippen LogP contribution in [-0.2, 0) is 0 Å². The van der Waals surface area contributed by atoms with E-state index in [1.807, 2.05) is 4.90 Å². The third kappa shape index (κ3) is 3.06. The lowest BCUT2D eigenvalue weighted by Crippen LogP contribution is -2.39. The molecule has 1 aliphatic heterocycles. The van der Waals surface area contributed by atoms with Crippen molar-refractivity contribution in [1.82, 2.24) is 4.90 Å². The maximum absolute atomic E-state index is 12.7. The molecule has 1 aromatic rings. The van der Waals surface area contributed by atoms with E-state index >= 15 is 0 Å². The summed E-state index contributed by atoms with van der Waals surface area (Å²) in [5.74, 6) is 0.663. The third-order valence-electron chi connectivity index (χ3n) is 4.09. The van der Waals surface area contributed by atoms with Crippen molar-refractivity contribution in [3.63, 3.8) is 0 Å². The van der Waals surface area contributed by atoms with Gasteiger partial charge in [0.15, 0.2) is 0 Å². The van der Waals surface area contributed by atoms with E-state index in [2.05, 4.69) is 6.92 Å². The molecule has 2 rings (SSSR count). The Morgan fingerprint density at radius 2 is 2.20 bits per heavy atom. The van der Waals surface area contributed by atoms with Crippen LogP contribution in [0.4, 0.5) is 5.69 Å². The number of nitrogen functional groups attached to an aromatic ring is 1. The van der Waals surface area contributed by atoms with Gasteiger partial charge in [-0.2, -0.15) is 0 Å². The Balaban J connectivity index is 2.24. The molecule has 1 aliphatic rings. The summed E-state index contributed by atoms with van der Waals surface area (Å²) < 4.78 is 5.21. The fourth-order valence-corrected chi connectivity index (χ4v) is 2.88. The van der Waals surface area contributed by atoms with E-state index in [9.17, 15) is 4.79 Å². The second-order valence-corrected chi connectivity index (χ2v) is 5.37. The number of rotatable bonds is 3. The predicted octanol–water partition coefficient (Wildman–Crippen LogP) is 3.07. The number of methoxy groups -OCH3 is 1. The molecule has 1 heterocycles. The molecule has 0 bridgehead atoms. The number of benzene rings is 1. The molecular weight excluding hydrogens is 252 g/mol. The van der Waals surface area contributed by atoms with E-state index in [0.717, 1.165) is 25.8 Å². The maximum atomic E-state index is 12.7. The Morgan fingerprint density at radius 3 is 2.90 bits per heavy atom. The second-order valence-electron chi connectivity index (χ2n) is 5.37. The number of anilines is 1. The number of nitrogens with two attached hydrogens (primary N) is 1. The van der Waals surface area contributed by atoms with Gasteiger partial charge in [0.1, 0.15) is 5.75 Å². The number of likely N-dealkylation sites (tertiary alicyclic amines) is 1. The summed E-state index contributed by atoms with van der Waals surface area (Å²) in [7, 11) is 1.57. The van der Waals surface area contributed by atoms with Gasteiger partial charge in [-0.05, 0) is 37.5 Å². The van der Waals surface area contributed by atoms with Crippen LogP contribution in [0.2, 0.25) is 0 Å². The quantitative estimate of drug-likeness (QED) is 0.863. The van der Waals surface area contributed by atoms with E-state index in [-0.39, 0.29) is 5.91 Å². The maximum Gasteiger partial charge on any atom is 0.254 e. The second kappa shape index (κ2) is 6.64. The first-order valence-corrected chi connectivity index (χ1v) is 7.41. The highest BCUT2D eigenvalue weighted by molar-refractivity contribution is 5.95. The molecule has 1 saturated heterocycles. The number of amides is 1. The summed E-state index contributed by atoms with van der Waals surface area (Å²) in [5.41, 5.74) is 7.03. The van der Waals surface area contributed by atoms with Crippen LogP contribution in [0.5, 0.6) is 5.75 Å². The first-order valence-electron chi connectivity index (χ1n) is 7.41. The standard InChI is InChI=1S/C16H24N2O2/c1-3-13-7-5-4-6-10-18(13)16(19)12-8-9-14(17)15(11-12)20-2/h8-9,11,13H,3-7,10,17H2,1-2H3. The number of carbonyl (C=O) groups is 1. The Bertz CT molecular complexity index is 474. The zero-order valence-corrected chi connectivity index (χ0v) is 12.4. The van der Waals surface area contributed by atoms with Crippen molar-refractivity contribution in [2.75, 3.05) is 19.4 Å². The normalized spacial score (nSPS) is 19.5. The smallest absolute Gasteiger partial charge is 0.254 e. The number of nitrogens with zero attached hydrogens (tertiary/aromatic N) is 1. The molecule has 1 aromatic carbocycles. The van der Waals surface area contributed by atoms with Crippen molar-refractivity contribution in [1.29, 1.82) is 0 Å². The Labute approximate surface area is 120 Å². The van der Waals surface area contributed by atoms with Crippen LogP contribution in [0.25, 0.3) is 0 Å². The van der Waals surface area contributed by atoms with Gasteiger partial charge in [-0.3, -0.25) is 4.79 Å². The van der Waals surface area contributed by atoms with Gasteiger partial charge in [0.25, 0.3) is 5.91 Å². The summed E-state index contributed by atoms with van der Waals surface area (Å²) in [4.78, 5) is 14.8. The van der Waals surface area contributed by atoms with Gasteiger partial charge < -0.3 is 15.4 Å². The molecular formula is C16H24N2O2. The average molecular weight is 276 g/mol. The highest BCUT2D eigenvalue weighted by atomic mass is 16.5. The van der Waals surface area contributed by atoms with Crippen molar-refractivity contribution in [2.24, 2.45) is 0 Å². The molecule has 1 fully saturated rings. The fourth-order valence-electron chi connectivity index (χ4n) is 2.88. The number of hydrogen-bond acceptors (Lipinski definition) is 3. The monoisotopic (exact) mass is 276 g/mol. The van der Waals surface area contributed by atoms with E-state index in [0.29, 0.717) is 23.0 Å². The van der Waals surface area contributed by atoms with Crippen LogP contribution < -0.4 is 10.5 Å². The third-order valence-corrected chi connectivity index (χ3v) is 4.09. The Kier molecular flexibility index (Phi) is 4.88. The van der Waals surface area contributed by atoms with Crippen LogP contribution in [0, 0.1) is 0 Å². The predicted molar refractivity (Wildman–Crippen MR) is 81.0 cm³/mol. The van der Waals surface area contributed by atoms with Crippen LogP contribution >= 0.6 is 0 Å². The number of hydrogen-bond donors (Lipinski definition) is 1. The topological polar surface area (TPSA) is 55.6 Å². The van der Waals surface area contributed by atoms with Crippen LogP contribution in [-0.4, -0.2) is 30.5 Å². The van der Waals surface area contributed by atoms with Gasteiger partial charge in [-0.1, -0.05) is 19.8 Å². The minimum absolute atomic E-state index is 0.0945. The molecule has 4 nitrogen and oxygen atoms in total. The fraction of sp³-hybridized carbons (Fsp3) is 0.562. The van der Waals surface area contributed by atoms with Gasteiger partial charge in [-0.25, -0.2) is 0 Å². The van der Waals surface area contributed by atoms with E-state index in [1.54, 1.807) is 25.3 Å². The first kappa shape index (κ1) is 14.7. The lowest BCUT2D eigenvalue weighted by atomic mass is 10.1. The molecule has 0 aromatic heterocycles. The van der Waals surface area contributed by atoms with E-state index in [1.165, 1.54) is 12.8 Å². The molecule has 0 aliphatic carbocycles. The number of ether oxygens (including phenoxy) is 1. The summed E-state index contributed by atoms with van der Waals surface area (Å²) in [6.45, 7) is 3.00. The lowest BCUT2D eigenvalue weighted by Gasteiger charge is -2.29. The average Bonchev–Trinajstić information content (AvgIpc) is 2.72. The Hall–Kier alpha value is -1.71. The summed E-state index contributed by atoms with van der Waals surface area (Å²) in [5, 5.41) is 0. The largest absolute Gasteiger partial charge is 0.495 e. The minimum Gasteiger partial charge on any atom is -0.495 e. The zero-order chi connectivity index (χ0) is 14.5. The van der Waals surface area contributed by atoms with Crippen LogP contribution in [0.15, 0.2) is 18.2 Å². The van der Waals surface area contributed by atoms with Crippen molar-refractivity contribution in [2.45, 2.75) is 45.1 Å². The van der Waals surface area contributed by atoms with Crippen molar-refractivity contribution >= 4 is 11.6 Å². The van der Waals surface area contributed by atoms with E-state index < -0.39 is 0 Å². The highest BCUT2D eigenvalue weighted by Crippen LogP contribution is 2.26. The van der Waals surface area contributed by atoms with Crippen LogP contribution in [0.3, 0.4) is 0 Å². The molecule has 0 saturated carbocycles. The highest BCUT2D eigenvalue weighted by Gasteiger charge is 2.25. The first-order chi connectivity index (χ1) is 9.67. The lowest BCUT2D eigenvalue weighted by molar-refractivity contribution is 0.0678. The summed E-state index contributed by atoms with van der Waals surface area (Å²) in [6.07, 6.45) is 5.64. The molecule has 1 unspecified atom stereocenters. The van der Waals surface area contributed by atoms with Crippen molar-refractivity contribution in [3.05, 3.63) is 23.8 Å². The van der Waals surface area contributed by atoms with Gasteiger partial charge in [0.2, 0.25) is 0 Å². The van der Waals surface area contributed by atoms with Crippen molar-refractivity contribution in [3.8, 4) is 5.75 Å². The molecule has 0 spiro atoms. The molecule has 110 valence electrons. The van der Waals surface area contributed by atoms with Gasteiger partial charge in [0, 0.05) is 18.2 Å². The Morgan fingerprint density at radius 1 is 1.40 bits per heavy atom. The molecule has 0 radical (unpaired) electrons. The molecule has 4 heteroatoms. The van der Waals surface area contributed by atoms with Crippen LogP contribution in [0.1, 0.15) is 49.4 Å². The molecule has 20 heavy (non-hydrogen) atoms. The van der Waals surface area contributed by atoms with Gasteiger partial charge in [0.05, 0.1) is 12.8 Å². The minimum atomic E-state index is 0.0945.